The Kier molecular flexibility index (Phi) is 4.60. The van der Waals surface area contributed by atoms with E-state index < -0.39 is 0 Å². The smallest absolute Gasteiger partial charge is 0.138 e. The highest BCUT2D eigenvalue weighted by molar-refractivity contribution is 7.99. The summed E-state index contributed by atoms with van der Waals surface area (Å²) in [7, 11) is 0. The molecule has 1 N–H and O–H groups in total. The maximum absolute atomic E-state index is 5.37. The first-order valence-electron chi connectivity index (χ1n) is 15.9. The Balaban J connectivity index is 1.22. The van der Waals surface area contributed by atoms with Crippen LogP contribution < -0.4 is 0 Å². The predicted octanol–water partition coefficient (Wildman–Crippen LogP) is 11.4. The Morgan fingerprint density at radius 2 is 1.30 bits per heavy atom. The third kappa shape index (κ3) is 3.07. The van der Waals surface area contributed by atoms with E-state index in [9.17, 15) is 0 Å². The number of aromatic amines is 1. The number of nitrogens with one attached hydrogen (secondary N) is 1. The van der Waals surface area contributed by atoms with Crippen molar-refractivity contribution in [2.75, 3.05) is 0 Å². The molecule has 1 aliphatic heterocycles. The number of benzene rings is 6. The Bertz CT molecular complexity index is 2810. The lowest BCUT2D eigenvalue weighted by molar-refractivity contribution is 0.661. The molecule has 0 amide bonds. The molecule has 0 saturated carbocycles. The molecule has 0 bridgehead atoms. The number of rotatable bonds is 1. The molecule has 0 saturated heterocycles. The van der Waals surface area contributed by atoms with Crippen LogP contribution in [0.15, 0.2) is 131 Å². The summed E-state index contributed by atoms with van der Waals surface area (Å²) in [4.78, 5) is 11.6. The minimum atomic E-state index is -0.153. The molecule has 4 heteroatoms. The first-order chi connectivity index (χ1) is 22.5. The van der Waals surface area contributed by atoms with Crippen LogP contribution in [0, 0.1) is 0 Å². The van der Waals surface area contributed by atoms with E-state index in [4.69, 9.17) is 4.98 Å². The molecule has 3 nitrogen and oxygen atoms in total. The van der Waals surface area contributed by atoms with E-state index in [-0.39, 0.29) is 5.41 Å². The molecule has 11 rings (SSSR count). The second kappa shape index (κ2) is 8.48. The lowest BCUT2D eigenvalue weighted by Crippen LogP contribution is -2.15. The zero-order chi connectivity index (χ0) is 30.3. The predicted molar refractivity (Wildman–Crippen MR) is 193 cm³/mol. The molecule has 3 aromatic heterocycles. The summed E-state index contributed by atoms with van der Waals surface area (Å²) in [6.45, 7) is 4.75. The van der Waals surface area contributed by atoms with Gasteiger partial charge in [0.15, 0.2) is 0 Å². The van der Waals surface area contributed by atoms with Gasteiger partial charge in [-0.05, 0) is 94.0 Å². The van der Waals surface area contributed by atoms with Crippen molar-refractivity contribution in [3.05, 3.63) is 132 Å². The van der Waals surface area contributed by atoms with Crippen LogP contribution in [0.4, 0.5) is 0 Å². The molecule has 0 spiro atoms. The number of nitrogens with zero attached hydrogens (tertiary/aromatic N) is 2. The van der Waals surface area contributed by atoms with E-state index in [1.165, 1.54) is 92.2 Å². The molecule has 46 heavy (non-hydrogen) atoms. The molecule has 0 unspecified atom stereocenters. The van der Waals surface area contributed by atoms with Crippen LogP contribution in [0.5, 0.6) is 0 Å². The summed E-state index contributed by atoms with van der Waals surface area (Å²) >= 11 is 1.84. The molecule has 0 radical (unpaired) electrons. The van der Waals surface area contributed by atoms with Gasteiger partial charge in [0.05, 0.1) is 16.6 Å². The van der Waals surface area contributed by atoms with Gasteiger partial charge in [0, 0.05) is 53.2 Å². The average molecular weight is 606 g/mol. The minimum Gasteiger partial charge on any atom is -0.355 e. The van der Waals surface area contributed by atoms with Crippen LogP contribution in [-0.2, 0) is 5.41 Å². The summed E-state index contributed by atoms with van der Waals surface area (Å²) in [5.41, 5.74) is 13.6. The van der Waals surface area contributed by atoms with Crippen LogP contribution >= 0.6 is 11.8 Å². The van der Waals surface area contributed by atoms with Gasteiger partial charge in [-0.3, -0.25) is 4.57 Å². The molecule has 0 atom stereocenters. The van der Waals surface area contributed by atoms with Crippen molar-refractivity contribution < 1.29 is 0 Å². The fourth-order valence-corrected chi connectivity index (χ4v) is 9.47. The second-order valence-electron chi connectivity index (χ2n) is 13.3. The molecule has 6 aromatic carbocycles. The summed E-state index contributed by atoms with van der Waals surface area (Å²) in [5, 5.41) is 6.32. The van der Waals surface area contributed by atoms with Crippen molar-refractivity contribution in [1.29, 1.82) is 0 Å². The number of pyridine rings is 1. The molecule has 0 fully saturated rings. The molecular formula is C42H27N3S. The zero-order valence-electron chi connectivity index (χ0n) is 25.3. The standard InChI is InChI=1S/C42H27N3S/c1-42(2)31-21-35-28(23-10-3-6-13-33(23)43-35)18-26(31)27-19-29-24-11-4-7-15-36(24)45(37(29)22-32(27)42)40-20-30-25-12-5-8-16-38(25)46-39-17-9-14-34(44-40)41(30)39/h3-22,43H,1-2H3. The van der Waals surface area contributed by atoms with Crippen molar-refractivity contribution in [2.24, 2.45) is 0 Å². The summed E-state index contributed by atoms with van der Waals surface area (Å²) in [6.07, 6.45) is 0. The van der Waals surface area contributed by atoms with Crippen molar-refractivity contribution in [1.82, 2.24) is 14.5 Å². The van der Waals surface area contributed by atoms with E-state index >= 15 is 0 Å². The van der Waals surface area contributed by atoms with Crippen molar-refractivity contribution in [3.63, 3.8) is 0 Å². The third-order valence-corrected chi connectivity index (χ3v) is 11.6. The van der Waals surface area contributed by atoms with Crippen molar-refractivity contribution >= 4 is 66.3 Å². The first kappa shape index (κ1) is 24.9. The van der Waals surface area contributed by atoms with Gasteiger partial charge < -0.3 is 4.98 Å². The van der Waals surface area contributed by atoms with E-state index in [1.54, 1.807) is 0 Å². The van der Waals surface area contributed by atoms with E-state index in [1.807, 2.05) is 11.8 Å². The quantitative estimate of drug-likeness (QED) is 0.202. The largest absolute Gasteiger partial charge is 0.355 e. The highest BCUT2D eigenvalue weighted by atomic mass is 32.2. The number of para-hydroxylation sites is 2. The fraction of sp³-hybridized carbons (Fsp3) is 0.0714. The zero-order valence-corrected chi connectivity index (χ0v) is 26.2. The Morgan fingerprint density at radius 1 is 0.565 bits per heavy atom. The minimum absolute atomic E-state index is 0.153. The van der Waals surface area contributed by atoms with Gasteiger partial charge in [-0.25, -0.2) is 4.98 Å². The van der Waals surface area contributed by atoms with Gasteiger partial charge in [-0.2, -0.15) is 0 Å². The van der Waals surface area contributed by atoms with Crippen LogP contribution in [0.3, 0.4) is 0 Å². The molecule has 1 aliphatic carbocycles. The molecule has 2 aliphatic rings. The fourth-order valence-electron chi connectivity index (χ4n) is 8.33. The van der Waals surface area contributed by atoms with Gasteiger partial charge in [-0.15, -0.1) is 0 Å². The SMILES string of the molecule is CC1(C)c2cc3[nH]c4ccccc4c3cc2-c2cc3c4ccccc4n(-c4cc5c6c(cccc6n4)Sc4ccccc4-5)c3cc21. The van der Waals surface area contributed by atoms with Gasteiger partial charge in [0.2, 0.25) is 0 Å². The van der Waals surface area contributed by atoms with Crippen molar-refractivity contribution in [3.8, 4) is 28.1 Å². The summed E-state index contributed by atoms with van der Waals surface area (Å²) in [6, 6.07) is 44.8. The van der Waals surface area contributed by atoms with E-state index in [0.29, 0.717) is 0 Å². The van der Waals surface area contributed by atoms with Gasteiger partial charge >= 0.3 is 0 Å². The third-order valence-electron chi connectivity index (χ3n) is 10.5. The highest BCUT2D eigenvalue weighted by Gasteiger charge is 2.37. The second-order valence-corrected chi connectivity index (χ2v) is 14.4. The van der Waals surface area contributed by atoms with E-state index in [0.717, 1.165) is 11.3 Å². The van der Waals surface area contributed by atoms with Crippen LogP contribution in [-0.4, -0.2) is 14.5 Å². The summed E-state index contributed by atoms with van der Waals surface area (Å²) in [5.74, 6) is 0.959. The normalized spacial score (nSPS) is 14.4. The number of H-pyrrole nitrogens is 1. The molecule has 216 valence electrons. The highest BCUT2D eigenvalue weighted by Crippen LogP contribution is 2.53. The first-order valence-corrected chi connectivity index (χ1v) is 16.7. The molecule has 4 heterocycles. The van der Waals surface area contributed by atoms with Gasteiger partial charge in [0.1, 0.15) is 5.82 Å². The number of hydrogen-bond donors (Lipinski definition) is 1. The van der Waals surface area contributed by atoms with Crippen LogP contribution in [0.2, 0.25) is 0 Å². The monoisotopic (exact) mass is 605 g/mol. The molecule has 9 aromatic rings. The van der Waals surface area contributed by atoms with Gasteiger partial charge in [-0.1, -0.05) is 86.3 Å². The van der Waals surface area contributed by atoms with Crippen molar-refractivity contribution in [2.45, 2.75) is 29.1 Å². The Hall–Kier alpha value is -5.32. The molecular weight excluding hydrogens is 579 g/mol. The Labute approximate surface area is 269 Å². The van der Waals surface area contributed by atoms with Crippen LogP contribution in [0.25, 0.3) is 82.6 Å². The number of aromatic nitrogens is 3. The number of fused-ring (bicyclic) bond motifs is 11. The Morgan fingerprint density at radius 3 is 2.22 bits per heavy atom. The van der Waals surface area contributed by atoms with E-state index in [2.05, 4.69) is 145 Å². The maximum atomic E-state index is 5.37. The number of hydrogen-bond acceptors (Lipinski definition) is 2. The average Bonchev–Trinajstić information content (AvgIpc) is 3.68. The lowest BCUT2D eigenvalue weighted by atomic mass is 9.82. The van der Waals surface area contributed by atoms with Gasteiger partial charge in [0.25, 0.3) is 0 Å². The van der Waals surface area contributed by atoms with Crippen LogP contribution in [0.1, 0.15) is 25.0 Å². The topological polar surface area (TPSA) is 33.6 Å². The summed E-state index contributed by atoms with van der Waals surface area (Å²) < 4.78 is 2.40. The maximum Gasteiger partial charge on any atom is 0.138 e. The lowest BCUT2D eigenvalue weighted by Gasteiger charge is -2.22.